The van der Waals surface area contributed by atoms with Crippen molar-refractivity contribution in [1.82, 2.24) is 10.2 Å². The summed E-state index contributed by atoms with van der Waals surface area (Å²) < 4.78 is 75.2. The summed E-state index contributed by atoms with van der Waals surface area (Å²) in [5.41, 5.74) is -2.34. The SMILES string of the molecule is [2H]c1ccc(C([2H])([2H])[C@]([2H])(N(C(=O)O)C(C)(C)C)[C@]([2H])(O)C([2H])([2H])NCC(C)C)c([2H])c1[2H]. The minimum atomic E-state index is -3.77. The van der Waals surface area contributed by atoms with E-state index in [0.717, 1.165) is 12.1 Å². The number of rotatable bonds is 8. The van der Waals surface area contributed by atoms with Crippen LogP contribution in [0.3, 0.4) is 0 Å². The first kappa shape index (κ1) is 10.4. The van der Waals surface area contributed by atoms with Crippen LogP contribution in [0.1, 0.15) is 52.5 Å². The molecule has 2 atom stereocenters. The number of amides is 1. The second-order valence-electron chi connectivity index (χ2n) is 6.65. The van der Waals surface area contributed by atoms with Gasteiger partial charge in [-0.2, -0.15) is 0 Å². The molecule has 0 saturated carbocycles. The van der Waals surface area contributed by atoms with Gasteiger partial charge in [-0.25, -0.2) is 4.79 Å². The number of hydrogen-bond donors (Lipinski definition) is 3. The van der Waals surface area contributed by atoms with E-state index in [1.165, 1.54) is 20.8 Å². The zero-order chi connectivity index (χ0) is 26.4. The fourth-order valence-electron chi connectivity index (χ4n) is 1.85. The smallest absolute Gasteiger partial charge is 0.408 e. The van der Waals surface area contributed by atoms with Gasteiger partial charge in [-0.3, -0.25) is 4.90 Å². The molecule has 0 radical (unpaired) electrons. The lowest BCUT2D eigenvalue weighted by atomic mass is 9.94. The molecule has 0 spiro atoms. The van der Waals surface area contributed by atoms with E-state index < -0.39 is 60.3 Å². The van der Waals surface area contributed by atoms with Crippen LogP contribution in [0.4, 0.5) is 4.79 Å². The molecule has 1 aromatic rings. The zero-order valence-corrected chi connectivity index (χ0v) is 14.7. The van der Waals surface area contributed by atoms with Crippen molar-refractivity contribution in [3.63, 3.8) is 0 Å². The van der Waals surface area contributed by atoms with E-state index in [1.807, 2.05) is 0 Å². The maximum Gasteiger partial charge on any atom is 0.408 e. The lowest BCUT2D eigenvalue weighted by molar-refractivity contribution is 0.00765. The highest BCUT2D eigenvalue weighted by molar-refractivity contribution is 5.66. The number of benzene rings is 1. The Morgan fingerprint density at radius 2 is 2.12 bits per heavy atom. The first-order valence-electron chi connectivity index (χ1n) is 12.1. The second-order valence-corrected chi connectivity index (χ2v) is 6.65. The summed E-state index contributed by atoms with van der Waals surface area (Å²) in [6.45, 7) is 4.02. The largest absolute Gasteiger partial charge is 0.465 e. The molecule has 0 aliphatic rings. The van der Waals surface area contributed by atoms with E-state index in [-0.39, 0.29) is 17.4 Å². The summed E-state index contributed by atoms with van der Waals surface area (Å²) in [7, 11) is 0. The van der Waals surface area contributed by atoms with Crippen LogP contribution in [0.5, 0.6) is 0 Å². The number of carbonyl (C=O) groups is 1. The third kappa shape index (κ3) is 6.49. The molecule has 0 unspecified atom stereocenters. The molecule has 1 rings (SSSR count). The van der Waals surface area contributed by atoms with Gasteiger partial charge in [-0.15, -0.1) is 0 Å². The number of nitrogens with zero attached hydrogens (tertiary/aromatic N) is 1. The molecular weight excluding hydrogens is 304 g/mol. The summed E-state index contributed by atoms with van der Waals surface area (Å²) in [6.07, 6.45) is -9.05. The molecule has 136 valence electrons. The quantitative estimate of drug-likeness (QED) is 0.677. The Kier molecular flexibility index (Phi) is 3.92. The molecule has 0 aromatic heterocycles. The third-order valence-corrected chi connectivity index (χ3v) is 2.88. The van der Waals surface area contributed by atoms with E-state index in [2.05, 4.69) is 5.32 Å². The predicted molar refractivity (Wildman–Crippen MR) is 97.3 cm³/mol. The van der Waals surface area contributed by atoms with Crippen LogP contribution in [0.25, 0.3) is 0 Å². The maximum absolute atomic E-state index is 12.3. The summed E-state index contributed by atoms with van der Waals surface area (Å²) >= 11 is 0. The first-order valence-corrected chi connectivity index (χ1v) is 7.65. The monoisotopic (exact) mass is 345 g/mol. The Balaban J connectivity index is 4.07. The van der Waals surface area contributed by atoms with Gasteiger partial charge in [0.25, 0.3) is 0 Å². The highest BCUT2D eigenvalue weighted by Gasteiger charge is 2.37. The molecule has 1 aromatic carbocycles. The van der Waals surface area contributed by atoms with Crippen molar-refractivity contribution >= 4 is 6.09 Å². The number of carboxylic acid groups (broad SMARTS) is 1. The number of nitrogens with one attached hydrogen (secondary N) is 1. The number of hydrogen-bond acceptors (Lipinski definition) is 3. The summed E-state index contributed by atoms with van der Waals surface area (Å²) in [5.74, 6) is -0.165. The van der Waals surface area contributed by atoms with Gasteiger partial charge >= 0.3 is 6.09 Å². The van der Waals surface area contributed by atoms with E-state index in [1.54, 1.807) is 13.8 Å². The van der Waals surface area contributed by atoms with E-state index in [9.17, 15) is 15.0 Å². The van der Waals surface area contributed by atoms with E-state index in [4.69, 9.17) is 12.3 Å². The highest BCUT2D eigenvalue weighted by Crippen LogP contribution is 2.22. The van der Waals surface area contributed by atoms with E-state index >= 15 is 0 Å². The molecule has 0 saturated heterocycles. The Morgan fingerprint density at radius 1 is 1.46 bits per heavy atom. The number of aliphatic hydroxyl groups is 1. The van der Waals surface area contributed by atoms with Crippen molar-refractivity contribution in [3.8, 4) is 0 Å². The molecule has 5 heteroatoms. The fraction of sp³-hybridized carbons (Fsp3) is 0.632. The first-order chi connectivity index (χ1) is 14.6. The lowest BCUT2D eigenvalue weighted by Crippen LogP contribution is -2.58. The molecule has 0 bridgehead atoms. The summed E-state index contributed by atoms with van der Waals surface area (Å²) in [5, 5.41) is 23.5. The highest BCUT2D eigenvalue weighted by atomic mass is 16.4. The topological polar surface area (TPSA) is 72.8 Å². The van der Waals surface area contributed by atoms with Gasteiger partial charge < -0.3 is 15.5 Å². The van der Waals surface area contributed by atoms with Gasteiger partial charge in [0.05, 0.1) is 19.0 Å². The molecular formula is C19H32N2O3. The fourth-order valence-corrected chi connectivity index (χ4v) is 1.85. The van der Waals surface area contributed by atoms with Crippen LogP contribution in [0.15, 0.2) is 30.3 Å². The van der Waals surface area contributed by atoms with Crippen molar-refractivity contribution in [2.75, 3.05) is 13.0 Å². The Bertz CT molecular complexity index is 888. The average Bonchev–Trinajstić information content (AvgIpc) is 2.62. The normalized spacial score (nSPS) is 23.7. The Morgan fingerprint density at radius 3 is 2.67 bits per heavy atom. The van der Waals surface area contributed by atoms with Crippen molar-refractivity contribution in [3.05, 3.63) is 35.8 Å². The molecule has 0 heterocycles. The minimum Gasteiger partial charge on any atom is -0.465 e. The van der Waals surface area contributed by atoms with Crippen LogP contribution >= 0.6 is 0 Å². The van der Waals surface area contributed by atoms with Crippen molar-refractivity contribution in [2.24, 2.45) is 5.92 Å². The van der Waals surface area contributed by atoms with Crippen LogP contribution in [-0.4, -0.2) is 51.9 Å². The lowest BCUT2D eigenvalue weighted by Gasteiger charge is -2.42. The molecule has 5 nitrogen and oxygen atoms in total. The van der Waals surface area contributed by atoms with Gasteiger partial charge in [0.2, 0.25) is 0 Å². The van der Waals surface area contributed by atoms with Crippen LogP contribution in [-0.2, 0) is 6.37 Å². The minimum absolute atomic E-state index is 0.0794. The molecule has 0 fully saturated rings. The third-order valence-electron chi connectivity index (χ3n) is 2.88. The van der Waals surface area contributed by atoms with Crippen molar-refractivity contribution in [2.45, 2.75) is 58.6 Å². The Hall–Kier alpha value is -1.59. The van der Waals surface area contributed by atoms with Gasteiger partial charge in [-0.1, -0.05) is 44.1 Å². The second kappa shape index (κ2) is 9.04. The zero-order valence-electron chi connectivity index (χ0n) is 23.7. The van der Waals surface area contributed by atoms with Gasteiger partial charge in [0.1, 0.15) is 0 Å². The van der Waals surface area contributed by atoms with Gasteiger partial charge in [0, 0.05) is 17.5 Å². The molecule has 0 aliphatic heterocycles. The maximum atomic E-state index is 12.3. The van der Waals surface area contributed by atoms with Gasteiger partial charge in [-0.05, 0) is 45.2 Å². The molecule has 0 aliphatic carbocycles. The Labute approximate surface area is 158 Å². The summed E-state index contributed by atoms with van der Waals surface area (Å²) in [4.78, 5) is 12.5. The van der Waals surface area contributed by atoms with Crippen molar-refractivity contribution in [1.29, 1.82) is 0 Å². The van der Waals surface area contributed by atoms with Crippen LogP contribution in [0.2, 0.25) is 0 Å². The van der Waals surface area contributed by atoms with Crippen LogP contribution < -0.4 is 5.32 Å². The predicted octanol–water partition coefficient (Wildman–Crippen LogP) is 2.98. The standard InChI is InChI=1S/C19H32N2O3/c1-14(2)12-20-13-17(22)16(11-15-9-7-6-8-10-15)21(18(23)24)19(3,4)5/h6-10,14,16-17,20,22H,11-13H2,1-5H3,(H,23,24)/t16-,17+/m0/s1/i6D,7D,9D,11D2,13D2,16D,17D. The molecule has 1 amide bonds. The molecule has 3 N–H and O–H groups in total. The van der Waals surface area contributed by atoms with Crippen molar-refractivity contribution < 1.29 is 27.3 Å². The van der Waals surface area contributed by atoms with E-state index in [0.29, 0.717) is 0 Å². The van der Waals surface area contributed by atoms with Crippen LogP contribution in [0, 0.1) is 5.92 Å². The average molecular weight is 346 g/mol. The van der Waals surface area contributed by atoms with Gasteiger partial charge in [0.15, 0.2) is 0 Å². The molecule has 24 heavy (non-hydrogen) atoms. The summed E-state index contributed by atoms with van der Waals surface area (Å²) in [6, 6.07) is -3.67.